The molecular weight excluding hydrogens is 667 g/mol. The lowest BCUT2D eigenvalue weighted by molar-refractivity contribution is 0.196. The summed E-state index contributed by atoms with van der Waals surface area (Å²) in [4.78, 5) is 2.18. The lowest BCUT2D eigenvalue weighted by Gasteiger charge is -2.30. The Morgan fingerprint density at radius 1 is 0.500 bits per heavy atom. The molecule has 0 spiro atoms. The van der Waals surface area contributed by atoms with Crippen molar-refractivity contribution in [3.63, 3.8) is 0 Å². The van der Waals surface area contributed by atoms with E-state index in [4.69, 9.17) is 4.74 Å². The van der Waals surface area contributed by atoms with E-state index in [0.717, 1.165) is 78.1 Å². The number of phenolic OH excluding ortho intramolecular Hbond substituents is 2. The Morgan fingerprint density at radius 2 is 0.944 bits per heavy atom. The van der Waals surface area contributed by atoms with Crippen molar-refractivity contribution in [1.29, 1.82) is 0 Å². The van der Waals surface area contributed by atoms with Crippen LogP contribution in [0.1, 0.15) is 17.5 Å². The Bertz CT molecular complexity index is 2760. The number of rotatable bonds is 9. The van der Waals surface area contributed by atoms with Gasteiger partial charge in [0.25, 0.3) is 0 Å². The average Bonchev–Trinajstić information content (AvgIpc) is 3.71. The first-order valence-corrected chi connectivity index (χ1v) is 18.4. The highest BCUT2D eigenvalue weighted by Crippen LogP contribution is 2.47. The Kier molecular flexibility index (Phi) is 8.32. The molecule has 7 aromatic carbocycles. The second-order valence-corrected chi connectivity index (χ2v) is 14.1. The van der Waals surface area contributed by atoms with Gasteiger partial charge in [0.1, 0.15) is 5.75 Å². The molecule has 0 fully saturated rings. The van der Waals surface area contributed by atoms with Gasteiger partial charge in [-0.2, -0.15) is 0 Å². The molecule has 0 atom stereocenters. The predicted octanol–water partition coefficient (Wildman–Crippen LogP) is 11.8. The van der Waals surface area contributed by atoms with Gasteiger partial charge in [0, 0.05) is 58.6 Å². The van der Waals surface area contributed by atoms with E-state index < -0.39 is 0 Å². The van der Waals surface area contributed by atoms with Gasteiger partial charge < -0.3 is 29.0 Å². The molecule has 0 radical (unpaired) electrons. The van der Waals surface area contributed by atoms with Crippen LogP contribution in [0.4, 0.5) is 11.4 Å². The molecule has 0 aliphatic carbocycles. The van der Waals surface area contributed by atoms with Crippen LogP contribution in [0.25, 0.3) is 66.1 Å². The van der Waals surface area contributed by atoms with Crippen LogP contribution in [-0.2, 0) is 4.74 Å². The van der Waals surface area contributed by atoms with E-state index in [-0.39, 0.29) is 11.5 Å². The largest absolute Gasteiger partial charge is 0.505 e. The monoisotopic (exact) mass is 707 g/mol. The minimum Gasteiger partial charge on any atom is -0.505 e. The van der Waals surface area contributed by atoms with Crippen LogP contribution in [0, 0.1) is 13.8 Å². The van der Waals surface area contributed by atoms with Crippen LogP contribution < -0.4 is 4.90 Å². The van der Waals surface area contributed by atoms with Crippen molar-refractivity contribution in [2.75, 3.05) is 25.2 Å². The Labute approximate surface area is 314 Å². The number of benzene rings is 7. The van der Waals surface area contributed by atoms with E-state index >= 15 is 0 Å². The highest BCUT2D eigenvalue weighted by atomic mass is 16.5. The van der Waals surface area contributed by atoms with Crippen LogP contribution in [0.15, 0.2) is 146 Å². The summed E-state index contributed by atoms with van der Waals surface area (Å²) < 4.78 is 9.87. The summed E-state index contributed by atoms with van der Waals surface area (Å²) in [7, 11) is 1.71. The number of aromatic hydroxyl groups is 2. The van der Waals surface area contributed by atoms with Crippen LogP contribution in [0.2, 0.25) is 0 Å². The average molecular weight is 708 g/mol. The fraction of sp³-hybridized carbons (Fsp3) is 0.125. The Morgan fingerprint density at radius 3 is 1.46 bits per heavy atom. The van der Waals surface area contributed by atoms with E-state index in [1.54, 1.807) is 7.11 Å². The zero-order valence-corrected chi connectivity index (χ0v) is 30.6. The molecule has 9 aromatic rings. The van der Waals surface area contributed by atoms with E-state index in [2.05, 4.69) is 137 Å². The van der Waals surface area contributed by atoms with Gasteiger partial charge in [0.2, 0.25) is 0 Å². The maximum absolute atomic E-state index is 12.5. The SMILES string of the molecule is COCCCN(c1ccccc1-c1cc(C)cc(-n2c3ccccc3c3ccccc32)c1O)c1cc(C)cc(-n2c3ccccc3c3ccccc32)c1O. The fourth-order valence-corrected chi connectivity index (χ4v) is 8.29. The summed E-state index contributed by atoms with van der Waals surface area (Å²) in [6.07, 6.45) is 0.718. The molecule has 0 unspecified atom stereocenters. The Hall–Kier alpha value is -6.50. The molecule has 9 rings (SSSR count). The van der Waals surface area contributed by atoms with Crippen LogP contribution >= 0.6 is 0 Å². The summed E-state index contributed by atoms with van der Waals surface area (Å²) >= 11 is 0. The summed E-state index contributed by atoms with van der Waals surface area (Å²) in [5.41, 5.74) is 10.7. The number of para-hydroxylation sites is 5. The molecule has 0 amide bonds. The quantitative estimate of drug-likeness (QED) is 0.147. The Balaban J connectivity index is 1.26. The first-order valence-electron chi connectivity index (χ1n) is 18.4. The van der Waals surface area contributed by atoms with Gasteiger partial charge in [-0.25, -0.2) is 0 Å². The number of methoxy groups -OCH3 is 1. The van der Waals surface area contributed by atoms with Crippen molar-refractivity contribution in [2.24, 2.45) is 0 Å². The summed E-state index contributed by atoms with van der Waals surface area (Å²) in [6.45, 7) is 5.27. The number of hydrogen-bond acceptors (Lipinski definition) is 4. The zero-order chi connectivity index (χ0) is 36.9. The highest BCUT2D eigenvalue weighted by molar-refractivity contribution is 6.10. The molecule has 54 heavy (non-hydrogen) atoms. The topological polar surface area (TPSA) is 62.8 Å². The zero-order valence-electron chi connectivity index (χ0n) is 30.6. The third-order valence-corrected chi connectivity index (χ3v) is 10.6. The van der Waals surface area contributed by atoms with Crippen LogP contribution in [-0.4, -0.2) is 39.6 Å². The van der Waals surface area contributed by atoms with Gasteiger partial charge in [0.15, 0.2) is 5.75 Å². The van der Waals surface area contributed by atoms with Gasteiger partial charge in [-0.1, -0.05) is 91.0 Å². The number of phenols is 2. The molecule has 0 aliphatic rings. The normalized spacial score (nSPS) is 11.7. The van der Waals surface area contributed by atoms with Gasteiger partial charge in [-0.15, -0.1) is 0 Å². The second-order valence-electron chi connectivity index (χ2n) is 14.1. The molecule has 6 heteroatoms. The fourth-order valence-electron chi connectivity index (χ4n) is 8.29. The van der Waals surface area contributed by atoms with Gasteiger partial charge in [0.05, 0.1) is 39.1 Å². The van der Waals surface area contributed by atoms with E-state index in [1.807, 2.05) is 36.4 Å². The third-order valence-electron chi connectivity index (χ3n) is 10.6. The maximum Gasteiger partial charge on any atom is 0.163 e. The van der Waals surface area contributed by atoms with Crippen molar-refractivity contribution in [2.45, 2.75) is 20.3 Å². The molecule has 0 saturated carbocycles. The number of hydrogen-bond donors (Lipinski definition) is 2. The van der Waals surface area contributed by atoms with Crippen molar-refractivity contribution < 1.29 is 14.9 Å². The lowest BCUT2D eigenvalue weighted by Crippen LogP contribution is -2.21. The maximum atomic E-state index is 12.5. The van der Waals surface area contributed by atoms with Gasteiger partial charge in [-0.3, -0.25) is 0 Å². The number of ether oxygens (including phenoxy) is 1. The van der Waals surface area contributed by atoms with E-state index in [9.17, 15) is 10.2 Å². The summed E-state index contributed by atoms with van der Waals surface area (Å²) in [6, 6.07) is 49.8. The first kappa shape index (κ1) is 33.3. The lowest BCUT2D eigenvalue weighted by atomic mass is 9.97. The first-order chi connectivity index (χ1) is 26.4. The van der Waals surface area contributed by atoms with Crippen LogP contribution in [0.3, 0.4) is 0 Å². The van der Waals surface area contributed by atoms with Crippen LogP contribution in [0.5, 0.6) is 11.5 Å². The van der Waals surface area contributed by atoms with Crippen molar-refractivity contribution >= 4 is 55.0 Å². The molecular formula is C48H41N3O3. The van der Waals surface area contributed by atoms with Crippen molar-refractivity contribution in [3.8, 4) is 34.0 Å². The third kappa shape index (κ3) is 5.37. The smallest absolute Gasteiger partial charge is 0.163 e. The molecule has 0 aliphatic heterocycles. The number of aryl methyl sites for hydroxylation is 2. The van der Waals surface area contributed by atoms with Gasteiger partial charge >= 0.3 is 0 Å². The van der Waals surface area contributed by atoms with E-state index in [1.165, 1.54) is 0 Å². The highest BCUT2D eigenvalue weighted by Gasteiger charge is 2.25. The number of anilines is 2. The minimum atomic E-state index is 0.179. The molecule has 0 saturated heterocycles. The van der Waals surface area contributed by atoms with E-state index in [0.29, 0.717) is 30.1 Å². The molecule has 2 N–H and O–H groups in total. The molecule has 266 valence electrons. The van der Waals surface area contributed by atoms with Crippen molar-refractivity contribution in [3.05, 3.63) is 157 Å². The summed E-state index contributed by atoms with van der Waals surface area (Å²) in [5.74, 6) is 0.370. The standard InChI is InChI=1S/C48H41N3O3/c1-31-27-38(47(52)45(29-31)50-40-21-10-5-15-33(40)34-16-6-11-22-41(34)50)37-19-4-9-20-39(37)49(25-14-26-54-3)44-28-32(2)30-46(48(44)53)51-42-23-12-7-17-35(42)36-18-8-13-24-43(36)51/h4-13,15-24,27-30,52-53H,14,25-26H2,1-3H3. The number of fused-ring (bicyclic) bond motifs is 6. The molecule has 6 nitrogen and oxygen atoms in total. The summed E-state index contributed by atoms with van der Waals surface area (Å²) in [5, 5.41) is 29.4. The molecule has 0 bridgehead atoms. The number of aromatic nitrogens is 2. The van der Waals surface area contributed by atoms with Crippen molar-refractivity contribution in [1.82, 2.24) is 9.13 Å². The second kappa shape index (κ2) is 13.5. The van der Waals surface area contributed by atoms with Gasteiger partial charge in [-0.05, 0) is 86.0 Å². The number of nitrogens with zero attached hydrogens (tertiary/aromatic N) is 3. The molecule has 2 aromatic heterocycles. The minimum absolute atomic E-state index is 0.179. The predicted molar refractivity (Wildman–Crippen MR) is 223 cm³/mol. The molecule has 2 heterocycles.